The minimum Gasteiger partial charge on any atom is -0.345 e. The van der Waals surface area contributed by atoms with Gasteiger partial charge in [0.25, 0.3) is 0 Å². The van der Waals surface area contributed by atoms with Gasteiger partial charge in [-0.2, -0.15) is 0 Å². The summed E-state index contributed by atoms with van der Waals surface area (Å²) in [5.74, 6) is 3.14. The van der Waals surface area contributed by atoms with Crippen LogP contribution >= 0.6 is 0 Å². The predicted octanol–water partition coefficient (Wildman–Crippen LogP) is 2.39. The van der Waals surface area contributed by atoms with Crippen LogP contribution in [-0.4, -0.2) is 29.7 Å². The zero-order valence-electron chi connectivity index (χ0n) is 14.7. The number of rotatable bonds is 4. The molecule has 4 rings (SSSR count). The molecule has 0 N–H and O–H groups in total. The molecule has 128 valence electrons. The Balaban J connectivity index is 1.52. The predicted molar refractivity (Wildman–Crippen MR) is 94.7 cm³/mol. The lowest BCUT2D eigenvalue weighted by Gasteiger charge is -2.15. The summed E-state index contributed by atoms with van der Waals surface area (Å²) in [5.41, 5.74) is 3.04. The van der Waals surface area contributed by atoms with Crippen LogP contribution in [0.4, 0.5) is 5.82 Å². The number of anilines is 1. The van der Waals surface area contributed by atoms with Crippen molar-refractivity contribution in [3.8, 4) is 11.5 Å². The summed E-state index contributed by atoms with van der Waals surface area (Å²) in [6, 6.07) is 3.95. The molecule has 4 heterocycles. The molecule has 0 unspecified atom stereocenters. The normalized spacial score (nSPS) is 13.5. The highest BCUT2D eigenvalue weighted by Gasteiger charge is 2.23. The van der Waals surface area contributed by atoms with Gasteiger partial charge in [-0.05, 0) is 18.1 Å². The number of nitrogens with zero attached hydrogens (tertiary/aromatic N) is 7. The second-order valence-corrected chi connectivity index (χ2v) is 6.85. The number of imidazole rings is 1. The molecule has 0 bridgehead atoms. The maximum atomic E-state index is 4.72. The van der Waals surface area contributed by atoms with Crippen molar-refractivity contribution in [1.29, 1.82) is 0 Å². The zero-order valence-corrected chi connectivity index (χ0v) is 14.7. The Hall–Kier alpha value is -2.83. The molecule has 7 heteroatoms. The van der Waals surface area contributed by atoms with Crippen LogP contribution in [0.25, 0.3) is 11.5 Å². The smallest absolute Gasteiger partial charge is 0.160 e. The summed E-state index contributed by atoms with van der Waals surface area (Å²) in [7, 11) is 1.95. The van der Waals surface area contributed by atoms with Crippen LogP contribution in [0.15, 0.2) is 30.7 Å². The van der Waals surface area contributed by atoms with Crippen molar-refractivity contribution < 1.29 is 0 Å². The quantitative estimate of drug-likeness (QED) is 0.729. The topological polar surface area (TPSA) is 72.6 Å². The molecule has 3 aromatic rings. The zero-order chi connectivity index (χ0) is 17.4. The SMILES string of the molecule is CC(C)Cc1ncc2c(n1)CN(c1ccc(-c3nccn3C)nn1)C2. The lowest BCUT2D eigenvalue weighted by atomic mass is 10.1. The van der Waals surface area contributed by atoms with Crippen LogP contribution in [0.5, 0.6) is 0 Å². The fourth-order valence-corrected chi connectivity index (χ4v) is 3.05. The van der Waals surface area contributed by atoms with Crippen LogP contribution in [-0.2, 0) is 26.6 Å². The van der Waals surface area contributed by atoms with Crippen LogP contribution in [0.3, 0.4) is 0 Å². The van der Waals surface area contributed by atoms with Crippen molar-refractivity contribution in [3.05, 3.63) is 47.8 Å². The van der Waals surface area contributed by atoms with Crippen LogP contribution in [0, 0.1) is 5.92 Å². The maximum Gasteiger partial charge on any atom is 0.160 e. The van der Waals surface area contributed by atoms with Gasteiger partial charge in [0.15, 0.2) is 11.6 Å². The second kappa shape index (κ2) is 6.23. The number of fused-ring (bicyclic) bond motifs is 1. The van der Waals surface area contributed by atoms with Crippen LogP contribution in [0.2, 0.25) is 0 Å². The van der Waals surface area contributed by atoms with Gasteiger partial charge in [0.2, 0.25) is 0 Å². The van der Waals surface area contributed by atoms with Crippen molar-refractivity contribution in [2.75, 3.05) is 4.90 Å². The van der Waals surface area contributed by atoms with Crippen molar-refractivity contribution in [3.63, 3.8) is 0 Å². The first-order valence-electron chi connectivity index (χ1n) is 8.50. The van der Waals surface area contributed by atoms with E-state index in [4.69, 9.17) is 4.98 Å². The summed E-state index contributed by atoms with van der Waals surface area (Å²) in [6.45, 7) is 5.89. The van der Waals surface area contributed by atoms with Gasteiger partial charge in [-0.3, -0.25) is 0 Å². The van der Waals surface area contributed by atoms with Crippen molar-refractivity contribution >= 4 is 5.82 Å². The van der Waals surface area contributed by atoms with Gasteiger partial charge in [0, 0.05) is 44.2 Å². The van der Waals surface area contributed by atoms with E-state index in [0.717, 1.165) is 48.4 Å². The Labute approximate surface area is 146 Å². The van der Waals surface area contributed by atoms with Crippen molar-refractivity contribution in [2.45, 2.75) is 33.4 Å². The lowest BCUT2D eigenvalue weighted by Crippen LogP contribution is -2.16. The molecule has 1 aliphatic heterocycles. The van der Waals surface area contributed by atoms with E-state index in [-0.39, 0.29) is 0 Å². The summed E-state index contributed by atoms with van der Waals surface area (Å²) in [4.78, 5) is 15.7. The Bertz CT molecular complexity index is 883. The third-order valence-corrected chi connectivity index (χ3v) is 4.32. The van der Waals surface area contributed by atoms with Gasteiger partial charge in [-0.15, -0.1) is 10.2 Å². The van der Waals surface area contributed by atoms with E-state index in [2.05, 4.69) is 38.9 Å². The van der Waals surface area contributed by atoms with E-state index in [1.807, 2.05) is 36.1 Å². The fourth-order valence-electron chi connectivity index (χ4n) is 3.05. The molecular weight excluding hydrogens is 314 g/mol. The van der Waals surface area contributed by atoms with E-state index < -0.39 is 0 Å². The molecule has 0 radical (unpaired) electrons. The van der Waals surface area contributed by atoms with E-state index in [9.17, 15) is 0 Å². The minimum absolute atomic E-state index is 0.556. The third-order valence-electron chi connectivity index (χ3n) is 4.32. The number of aryl methyl sites for hydroxylation is 1. The molecule has 0 saturated carbocycles. The van der Waals surface area contributed by atoms with Crippen molar-refractivity contribution in [2.24, 2.45) is 13.0 Å². The molecule has 0 saturated heterocycles. The molecular formula is C18H21N7. The first-order chi connectivity index (χ1) is 12.1. The largest absolute Gasteiger partial charge is 0.345 e. The summed E-state index contributed by atoms with van der Waals surface area (Å²) in [5, 5.41) is 8.72. The van der Waals surface area contributed by atoms with Gasteiger partial charge in [0.05, 0.1) is 12.2 Å². The standard InChI is InChI=1S/C18H21N7/c1-12(2)8-16-20-9-13-10-25(11-15(13)21-16)17-5-4-14(22-23-17)18-19-6-7-24(18)3/h4-7,9,12H,8,10-11H2,1-3H3. The molecule has 0 aliphatic carbocycles. The molecule has 0 atom stereocenters. The lowest BCUT2D eigenvalue weighted by molar-refractivity contribution is 0.617. The highest BCUT2D eigenvalue weighted by Crippen LogP contribution is 2.26. The summed E-state index contributed by atoms with van der Waals surface area (Å²) >= 11 is 0. The Morgan fingerprint density at radius 2 is 2.00 bits per heavy atom. The maximum absolute atomic E-state index is 4.72. The Kier molecular flexibility index (Phi) is 3.91. The van der Waals surface area contributed by atoms with Crippen LogP contribution < -0.4 is 4.90 Å². The number of hydrogen-bond acceptors (Lipinski definition) is 6. The molecule has 25 heavy (non-hydrogen) atoms. The molecule has 1 aliphatic rings. The number of aromatic nitrogens is 6. The third kappa shape index (κ3) is 3.09. The van der Waals surface area contributed by atoms with E-state index >= 15 is 0 Å². The van der Waals surface area contributed by atoms with Gasteiger partial charge >= 0.3 is 0 Å². The van der Waals surface area contributed by atoms with Crippen molar-refractivity contribution in [1.82, 2.24) is 29.7 Å². The van der Waals surface area contributed by atoms with E-state index in [0.29, 0.717) is 5.92 Å². The molecule has 7 nitrogen and oxygen atoms in total. The van der Waals surface area contributed by atoms with Gasteiger partial charge in [-0.1, -0.05) is 13.8 Å². The van der Waals surface area contributed by atoms with Gasteiger partial charge in [0.1, 0.15) is 11.5 Å². The highest BCUT2D eigenvalue weighted by atomic mass is 15.3. The number of hydrogen-bond donors (Lipinski definition) is 0. The first kappa shape index (κ1) is 15.7. The molecule has 0 spiro atoms. The molecule has 0 aromatic carbocycles. The van der Waals surface area contributed by atoms with Crippen LogP contribution in [0.1, 0.15) is 30.9 Å². The second-order valence-electron chi connectivity index (χ2n) is 6.85. The summed E-state index contributed by atoms with van der Waals surface area (Å²) in [6.07, 6.45) is 6.52. The fraction of sp³-hybridized carbons (Fsp3) is 0.389. The first-order valence-corrected chi connectivity index (χ1v) is 8.50. The highest BCUT2D eigenvalue weighted by molar-refractivity contribution is 5.52. The Morgan fingerprint density at radius 3 is 2.68 bits per heavy atom. The minimum atomic E-state index is 0.556. The van der Waals surface area contributed by atoms with E-state index in [1.54, 1.807) is 6.20 Å². The average Bonchev–Trinajstić information content (AvgIpc) is 3.20. The van der Waals surface area contributed by atoms with Gasteiger partial charge < -0.3 is 9.47 Å². The summed E-state index contributed by atoms with van der Waals surface area (Å²) < 4.78 is 1.93. The molecule has 0 fully saturated rings. The van der Waals surface area contributed by atoms with Gasteiger partial charge in [-0.25, -0.2) is 15.0 Å². The average molecular weight is 335 g/mol. The van der Waals surface area contributed by atoms with E-state index in [1.165, 1.54) is 5.56 Å². The molecule has 0 amide bonds. The molecule has 3 aromatic heterocycles. The monoisotopic (exact) mass is 335 g/mol. The Morgan fingerprint density at radius 1 is 1.12 bits per heavy atom.